The van der Waals surface area contributed by atoms with Crippen LogP contribution in [0.25, 0.3) is 0 Å². The minimum Gasteiger partial charge on any atom is -0.508 e. The van der Waals surface area contributed by atoms with Crippen molar-refractivity contribution < 1.29 is 24.1 Å². The molecule has 0 saturated carbocycles. The van der Waals surface area contributed by atoms with E-state index in [4.69, 9.17) is 25.8 Å². The van der Waals surface area contributed by atoms with Crippen LogP contribution >= 0.6 is 11.6 Å². The summed E-state index contributed by atoms with van der Waals surface area (Å²) < 4.78 is 16.8. The Labute approximate surface area is 144 Å². The molecular formula is C18H17ClO5. The third kappa shape index (κ3) is 3.41. The maximum absolute atomic E-state index is 11.2. The molecule has 6 heteroatoms. The van der Waals surface area contributed by atoms with E-state index in [-0.39, 0.29) is 24.4 Å². The highest BCUT2D eigenvalue weighted by Gasteiger charge is 2.34. The van der Waals surface area contributed by atoms with Crippen molar-refractivity contribution in [2.24, 2.45) is 0 Å². The third-order valence-corrected chi connectivity index (χ3v) is 4.11. The summed E-state index contributed by atoms with van der Waals surface area (Å²) in [6, 6.07) is 10.1. The average molecular weight is 349 g/mol. The molecule has 2 aromatic carbocycles. The summed E-state index contributed by atoms with van der Waals surface area (Å²) in [6.07, 6.45) is -0.649. The van der Waals surface area contributed by atoms with Crippen LogP contribution in [0.2, 0.25) is 5.02 Å². The number of carbonyl (C=O) groups is 1. The van der Waals surface area contributed by atoms with E-state index in [9.17, 15) is 9.90 Å². The van der Waals surface area contributed by atoms with Gasteiger partial charge in [-0.25, -0.2) is 0 Å². The second kappa shape index (κ2) is 6.61. The molecule has 2 unspecified atom stereocenters. The quantitative estimate of drug-likeness (QED) is 0.846. The zero-order chi connectivity index (χ0) is 17.3. The number of aromatic hydroxyl groups is 1. The zero-order valence-corrected chi connectivity index (χ0v) is 14.0. The Kier molecular flexibility index (Phi) is 4.53. The number of phenols is 1. The van der Waals surface area contributed by atoms with Crippen LogP contribution in [0.3, 0.4) is 0 Å². The molecule has 0 amide bonds. The summed E-state index contributed by atoms with van der Waals surface area (Å²) in [7, 11) is 0. The predicted octanol–water partition coefficient (Wildman–Crippen LogP) is 4.01. The first-order chi connectivity index (χ1) is 11.4. The Morgan fingerprint density at radius 1 is 1.29 bits per heavy atom. The van der Waals surface area contributed by atoms with Crippen LogP contribution in [-0.4, -0.2) is 17.2 Å². The average Bonchev–Trinajstić information content (AvgIpc) is 2.81. The van der Waals surface area contributed by atoms with Gasteiger partial charge in [0.1, 0.15) is 30.0 Å². The highest BCUT2D eigenvalue weighted by molar-refractivity contribution is 6.31. The molecule has 1 heterocycles. The molecule has 1 aliphatic rings. The summed E-state index contributed by atoms with van der Waals surface area (Å²) >= 11 is 6.06. The van der Waals surface area contributed by atoms with Crippen molar-refractivity contribution in [3.05, 3.63) is 52.5 Å². The van der Waals surface area contributed by atoms with Crippen LogP contribution in [0.1, 0.15) is 31.1 Å². The molecule has 1 aliphatic heterocycles. The van der Waals surface area contributed by atoms with Crippen LogP contribution in [0.4, 0.5) is 0 Å². The van der Waals surface area contributed by atoms with Gasteiger partial charge in [-0.3, -0.25) is 4.79 Å². The number of carbonyl (C=O) groups excluding carboxylic acids is 1. The summed E-state index contributed by atoms with van der Waals surface area (Å²) in [4.78, 5) is 11.2. The fraction of sp³-hybridized carbons (Fsp3) is 0.278. The van der Waals surface area contributed by atoms with Gasteiger partial charge >= 0.3 is 5.97 Å². The molecule has 0 spiro atoms. The zero-order valence-electron chi connectivity index (χ0n) is 13.3. The molecule has 0 aliphatic carbocycles. The second-order valence-electron chi connectivity index (χ2n) is 5.62. The minimum absolute atomic E-state index is 0.111. The van der Waals surface area contributed by atoms with Crippen LogP contribution in [0.15, 0.2) is 36.4 Å². The van der Waals surface area contributed by atoms with Crippen molar-refractivity contribution in [2.75, 3.05) is 0 Å². The number of phenolic OH excluding ortho intramolecular Hbond substituents is 1. The smallest absolute Gasteiger partial charge is 0.303 e. The Morgan fingerprint density at radius 3 is 2.79 bits per heavy atom. The van der Waals surface area contributed by atoms with Gasteiger partial charge in [0.2, 0.25) is 0 Å². The number of ether oxygens (including phenoxy) is 3. The molecule has 1 N–H and O–H groups in total. The summed E-state index contributed by atoms with van der Waals surface area (Å²) in [5.41, 5.74) is 1.59. The lowest BCUT2D eigenvalue weighted by Gasteiger charge is -2.14. The van der Waals surface area contributed by atoms with E-state index >= 15 is 0 Å². The first-order valence-electron chi connectivity index (χ1n) is 7.52. The molecule has 0 fully saturated rings. The highest BCUT2D eigenvalue weighted by atomic mass is 35.5. The summed E-state index contributed by atoms with van der Waals surface area (Å²) in [5.74, 6) is 1.03. The van der Waals surface area contributed by atoms with Crippen molar-refractivity contribution in [1.29, 1.82) is 0 Å². The van der Waals surface area contributed by atoms with E-state index in [2.05, 4.69) is 0 Å². The van der Waals surface area contributed by atoms with Crippen molar-refractivity contribution in [2.45, 2.75) is 32.7 Å². The lowest BCUT2D eigenvalue weighted by molar-refractivity contribution is -0.149. The molecule has 126 valence electrons. The van der Waals surface area contributed by atoms with E-state index in [0.717, 1.165) is 11.1 Å². The first kappa shape index (κ1) is 16.5. The normalized spacial score (nSPS) is 18.6. The molecule has 2 aromatic rings. The number of esters is 1. The maximum atomic E-state index is 11.2. The van der Waals surface area contributed by atoms with Crippen LogP contribution < -0.4 is 9.47 Å². The number of hydrogen-bond donors (Lipinski definition) is 1. The fourth-order valence-electron chi connectivity index (χ4n) is 2.61. The van der Waals surface area contributed by atoms with Gasteiger partial charge in [-0.05, 0) is 31.2 Å². The minimum atomic E-state index is -0.405. The molecule has 0 aromatic heterocycles. The van der Waals surface area contributed by atoms with Gasteiger partial charge < -0.3 is 19.3 Å². The maximum Gasteiger partial charge on any atom is 0.303 e. The van der Waals surface area contributed by atoms with E-state index < -0.39 is 6.10 Å². The topological polar surface area (TPSA) is 65.0 Å². The van der Waals surface area contributed by atoms with Crippen LogP contribution in [0, 0.1) is 0 Å². The molecule has 2 atom stereocenters. The third-order valence-electron chi connectivity index (χ3n) is 3.75. The Balaban J connectivity index is 1.73. The van der Waals surface area contributed by atoms with Gasteiger partial charge in [-0.15, -0.1) is 0 Å². The number of halogens is 1. The molecule has 5 nitrogen and oxygen atoms in total. The predicted molar refractivity (Wildman–Crippen MR) is 88.5 cm³/mol. The number of fused-ring (bicyclic) bond motifs is 1. The van der Waals surface area contributed by atoms with E-state index in [1.54, 1.807) is 24.3 Å². The SMILES string of the molecule is CC(=O)OC1c2ccc(OCc3ccc(O)cc3Cl)cc2OC1C. The lowest BCUT2D eigenvalue weighted by Crippen LogP contribution is -2.18. The van der Waals surface area contributed by atoms with Gasteiger partial charge in [0.15, 0.2) is 6.10 Å². The molecule has 3 rings (SSSR count). The van der Waals surface area contributed by atoms with Gasteiger partial charge in [0.25, 0.3) is 0 Å². The molecular weight excluding hydrogens is 332 g/mol. The van der Waals surface area contributed by atoms with Crippen molar-refractivity contribution in [1.82, 2.24) is 0 Å². The number of rotatable bonds is 4. The van der Waals surface area contributed by atoms with Crippen LogP contribution in [0.5, 0.6) is 17.2 Å². The Bertz CT molecular complexity index is 774. The Morgan fingerprint density at radius 2 is 2.08 bits per heavy atom. The van der Waals surface area contributed by atoms with Gasteiger partial charge in [0, 0.05) is 24.1 Å². The summed E-state index contributed by atoms with van der Waals surface area (Å²) in [5, 5.41) is 9.80. The van der Waals surface area contributed by atoms with Gasteiger partial charge in [-0.1, -0.05) is 17.7 Å². The molecule has 0 bridgehead atoms. The fourth-order valence-corrected chi connectivity index (χ4v) is 2.84. The molecule has 0 radical (unpaired) electrons. The first-order valence-corrected chi connectivity index (χ1v) is 7.90. The number of hydrogen-bond acceptors (Lipinski definition) is 5. The highest BCUT2D eigenvalue weighted by Crippen LogP contribution is 2.41. The molecule has 24 heavy (non-hydrogen) atoms. The second-order valence-corrected chi connectivity index (χ2v) is 6.02. The monoisotopic (exact) mass is 348 g/mol. The van der Waals surface area contributed by atoms with Crippen molar-refractivity contribution in [3.63, 3.8) is 0 Å². The van der Waals surface area contributed by atoms with Crippen molar-refractivity contribution >= 4 is 17.6 Å². The van der Waals surface area contributed by atoms with Crippen LogP contribution in [-0.2, 0) is 16.1 Å². The lowest BCUT2D eigenvalue weighted by atomic mass is 10.1. The van der Waals surface area contributed by atoms with Gasteiger partial charge in [-0.2, -0.15) is 0 Å². The number of benzene rings is 2. The summed E-state index contributed by atoms with van der Waals surface area (Å²) in [6.45, 7) is 3.49. The Hall–Kier alpha value is -2.40. The molecule has 0 saturated heterocycles. The standard InChI is InChI=1S/C18H17ClO5/c1-10-18(24-11(2)20)15-6-5-14(8-17(15)23-10)22-9-12-3-4-13(21)7-16(12)19/h3-8,10,18,21H,9H2,1-2H3. The van der Waals surface area contributed by atoms with E-state index in [1.807, 2.05) is 13.0 Å². The van der Waals surface area contributed by atoms with Gasteiger partial charge in [0.05, 0.1) is 5.02 Å². The largest absolute Gasteiger partial charge is 0.508 e. The van der Waals surface area contributed by atoms with Crippen molar-refractivity contribution in [3.8, 4) is 17.2 Å². The van der Waals surface area contributed by atoms with E-state index in [1.165, 1.54) is 13.0 Å². The van der Waals surface area contributed by atoms with E-state index in [0.29, 0.717) is 16.5 Å².